The first-order valence-electron chi connectivity index (χ1n) is 10.9. The van der Waals surface area contributed by atoms with Gasteiger partial charge in [-0.1, -0.05) is 19.8 Å². The smallest absolute Gasteiger partial charge is 0.416 e. The lowest BCUT2D eigenvalue weighted by Gasteiger charge is -2.16. The van der Waals surface area contributed by atoms with Crippen LogP contribution in [0.25, 0.3) is 10.1 Å². The van der Waals surface area contributed by atoms with Crippen LogP contribution in [0.3, 0.4) is 0 Å². The average molecular weight is 481 g/mol. The van der Waals surface area contributed by atoms with Crippen molar-refractivity contribution in [2.24, 2.45) is 0 Å². The van der Waals surface area contributed by atoms with Crippen molar-refractivity contribution in [2.45, 2.75) is 51.6 Å². The summed E-state index contributed by atoms with van der Waals surface area (Å²) in [5.41, 5.74) is 0.153. The highest BCUT2D eigenvalue weighted by molar-refractivity contribution is 7.19. The third-order valence-corrected chi connectivity index (χ3v) is 6.68. The Kier molecular flexibility index (Phi) is 8.24. The molecule has 0 bridgehead atoms. The lowest BCUT2D eigenvalue weighted by Crippen LogP contribution is -2.10. The largest absolute Gasteiger partial charge is 0.494 e. The third-order valence-electron chi connectivity index (χ3n) is 5.40. The fourth-order valence-electron chi connectivity index (χ4n) is 3.65. The summed E-state index contributed by atoms with van der Waals surface area (Å²) >= 11 is 1.55. The van der Waals surface area contributed by atoms with Crippen molar-refractivity contribution in [3.05, 3.63) is 58.5 Å². The molecule has 0 saturated heterocycles. The first-order chi connectivity index (χ1) is 15.7. The number of hydrogen-bond donors (Lipinski definition) is 1. The maximum absolute atomic E-state index is 13.1. The van der Waals surface area contributed by atoms with Gasteiger partial charge in [0, 0.05) is 9.58 Å². The van der Waals surface area contributed by atoms with E-state index in [-0.39, 0.29) is 5.92 Å². The van der Waals surface area contributed by atoms with Crippen molar-refractivity contribution in [1.82, 2.24) is 0 Å². The second-order valence-corrected chi connectivity index (χ2v) is 9.10. The molecule has 1 N–H and O–H groups in total. The third kappa shape index (κ3) is 6.87. The standard InChI is InChI=1S/C25H27F3O4S/c1-3-4-5-17(23-14-18-13-19(25(26,27)28)6-9-22(18)33-23)10-11-31-20-7-8-21(16(2)12-20)32-15-24(29)30/h6-9,12-14,17H,3-5,10-11,15H2,1-2H3,(H,29,30). The molecule has 0 fully saturated rings. The van der Waals surface area contributed by atoms with Gasteiger partial charge in [0.25, 0.3) is 0 Å². The van der Waals surface area contributed by atoms with Gasteiger partial charge in [0.1, 0.15) is 11.5 Å². The van der Waals surface area contributed by atoms with Gasteiger partial charge in [0.15, 0.2) is 6.61 Å². The van der Waals surface area contributed by atoms with E-state index in [1.807, 2.05) is 13.0 Å². The first-order valence-corrected chi connectivity index (χ1v) is 11.7. The van der Waals surface area contributed by atoms with E-state index in [0.717, 1.165) is 46.9 Å². The fourth-order valence-corrected chi connectivity index (χ4v) is 4.87. The molecular weight excluding hydrogens is 453 g/mol. The zero-order valence-electron chi connectivity index (χ0n) is 18.6. The molecule has 8 heteroatoms. The van der Waals surface area contributed by atoms with Gasteiger partial charge in [0.05, 0.1) is 12.2 Å². The van der Waals surface area contributed by atoms with Crippen LogP contribution in [0.4, 0.5) is 13.2 Å². The molecule has 3 rings (SSSR count). The van der Waals surface area contributed by atoms with Crippen LogP contribution in [0.1, 0.15) is 54.5 Å². The van der Waals surface area contributed by atoms with Crippen molar-refractivity contribution < 1.29 is 32.5 Å². The van der Waals surface area contributed by atoms with E-state index in [0.29, 0.717) is 23.5 Å². The summed E-state index contributed by atoms with van der Waals surface area (Å²) in [4.78, 5) is 11.7. The molecule has 178 valence electrons. The Morgan fingerprint density at radius 3 is 2.55 bits per heavy atom. The number of fused-ring (bicyclic) bond motifs is 1. The number of halogens is 3. The van der Waals surface area contributed by atoms with E-state index in [2.05, 4.69) is 6.92 Å². The number of thiophene rings is 1. The topological polar surface area (TPSA) is 55.8 Å². The summed E-state index contributed by atoms with van der Waals surface area (Å²) in [7, 11) is 0. The van der Waals surface area contributed by atoms with Crippen LogP contribution in [0.5, 0.6) is 11.5 Å². The van der Waals surface area contributed by atoms with Crippen molar-refractivity contribution in [1.29, 1.82) is 0 Å². The maximum Gasteiger partial charge on any atom is 0.416 e. The number of aliphatic carboxylic acids is 1. The molecule has 1 atom stereocenters. The summed E-state index contributed by atoms with van der Waals surface area (Å²) in [6.45, 7) is 4.00. The molecule has 33 heavy (non-hydrogen) atoms. The lowest BCUT2D eigenvalue weighted by molar-refractivity contribution is -0.139. The Morgan fingerprint density at radius 2 is 1.88 bits per heavy atom. The summed E-state index contributed by atoms with van der Waals surface area (Å²) in [5.74, 6) is 0.323. The van der Waals surface area contributed by atoms with Crippen molar-refractivity contribution in [2.75, 3.05) is 13.2 Å². The summed E-state index contributed by atoms with van der Waals surface area (Å²) < 4.78 is 51.2. The monoisotopic (exact) mass is 480 g/mol. The van der Waals surface area contributed by atoms with Gasteiger partial charge >= 0.3 is 12.1 Å². The average Bonchev–Trinajstić information content (AvgIpc) is 3.18. The molecule has 3 aromatic rings. The van der Waals surface area contributed by atoms with Crippen LogP contribution in [0.15, 0.2) is 42.5 Å². The van der Waals surface area contributed by atoms with Gasteiger partial charge in [-0.2, -0.15) is 13.2 Å². The number of aryl methyl sites for hydroxylation is 1. The Bertz CT molecular complexity index is 1090. The molecule has 4 nitrogen and oxygen atoms in total. The number of unbranched alkanes of at least 4 members (excludes halogenated alkanes) is 1. The van der Waals surface area contributed by atoms with Gasteiger partial charge in [-0.25, -0.2) is 4.79 Å². The number of carboxylic acids is 1. The molecule has 0 spiro atoms. The molecule has 0 aliphatic heterocycles. The van der Waals surface area contributed by atoms with Gasteiger partial charge in [-0.3, -0.25) is 0 Å². The Balaban J connectivity index is 1.67. The predicted molar refractivity (Wildman–Crippen MR) is 124 cm³/mol. The Morgan fingerprint density at radius 1 is 1.09 bits per heavy atom. The first kappa shape index (κ1) is 24.9. The van der Waals surface area contributed by atoms with Crippen LogP contribution in [0, 0.1) is 6.92 Å². The normalized spacial score (nSPS) is 12.6. The van der Waals surface area contributed by atoms with E-state index >= 15 is 0 Å². The number of hydrogen-bond acceptors (Lipinski definition) is 4. The number of ether oxygens (including phenoxy) is 2. The second-order valence-electron chi connectivity index (χ2n) is 7.99. The molecule has 2 aromatic carbocycles. The molecule has 1 unspecified atom stereocenters. The number of benzene rings is 2. The quantitative estimate of drug-likeness (QED) is 0.310. The highest BCUT2D eigenvalue weighted by Gasteiger charge is 2.30. The van der Waals surface area contributed by atoms with E-state index in [4.69, 9.17) is 14.6 Å². The zero-order chi connectivity index (χ0) is 24.0. The highest BCUT2D eigenvalue weighted by Crippen LogP contribution is 2.38. The van der Waals surface area contributed by atoms with Crippen LogP contribution in [-0.4, -0.2) is 24.3 Å². The SMILES string of the molecule is CCCCC(CCOc1ccc(OCC(=O)O)c(C)c1)c1cc2cc(C(F)(F)F)ccc2s1. The van der Waals surface area contributed by atoms with Crippen LogP contribution >= 0.6 is 11.3 Å². The molecule has 0 amide bonds. The number of carbonyl (C=O) groups is 1. The van der Waals surface area contributed by atoms with Gasteiger partial charge in [-0.15, -0.1) is 11.3 Å². The van der Waals surface area contributed by atoms with Crippen LogP contribution in [-0.2, 0) is 11.0 Å². The van der Waals surface area contributed by atoms with E-state index in [9.17, 15) is 18.0 Å². The summed E-state index contributed by atoms with van der Waals surface area (Å²) in [6.07, 6.45) is -0.591. The Hall–Kier alpha value is -2.74. The van der Waals surface area contributed by atoms with E-state index < -0.39 is 24.3 Å². The molecule has 0 aliphatic carbocycles. The fraction of sp³-hybridized carbons (Fsp3) is 0.400. The highest BCUT2D eigenvalue weighted by atomic mass is 32.1. The minimum atomic E-state index is -4.35. The van der Waals surface area contributed by atoms with Crippen LogP contribution < -0.4 is 9.47 Å². The predicted octanol–water partition coefficient (Wildman–Crippen LogP) is 7.43. The maximum atomic E-state index is 13.1. The summed E-state index contributed by atoms with van der Waals surface area (Å²) in [6, 6.07) is 11.0. The molecule has 0 saturated carbocycles. The molecule has 1 aromatic heterocycles. The zero-order valence-corrected chi connectivity index (χ0v) is 19.4. The molecule has 0 radical (unpaired) electrons. The Labute approximate surface area is 195 Å². The second kappa shape index (κ2) is 10.9. The minimum Gasteiger partial charge on any atom is -0.494 e. The van der Waals surface area contributed by atoms with Crippen molar-refractivity contribution >= 4 is 27.4 Å². The molecular formula is C25H27F3O4S. The lowest BCUT2D eigenvalue weighted by atomic mass is 9.96. The van der Waals surface area contributed by atoms with Crippen molar-refractivity contribution in [3.8, 4) is 11.5 Å². The number of alkyl halides is 3. The minimum absolute atomic E-state index is 0.205. The molecule has 0 aliphatic rings. The van der Waals surface area contributed by atoms with Gasteiger partial charge < -0.3 is 14.6 Å². The van der Waals surface area contributed by atoms with E-state index in [1.54, 1.807) is 35.6 Å². The molecule has 1 heterocycles. The van der Waals surface area contributed by atoms with Crippen LogP contribution in [0.2, 0.25) is 0 Å². The number of rotatable bonds is 11. The van der Waals surface area contributed by atoms with Gasteiger partial charge in [0.2, 0.25) is 0 Å². The van der Waals surface area contributed by atoms with E-state index in [1.165, 1.54) is 6.07 Å². The van der Waals surface area contributed by atoms with Gasteiger partial charge in [-0.05, 0) is 79.1 Å². The van der Waals surface area contributed by atoms with Crippen molar-refractivity contribution in [3.63, 3.8) is 0 Å². The summed E-state index contributed by atoms with van der Waals surface area (Å²) in [5, 5.41) is 9.37. The number of carboxylic acid groups (broad SMARTS) is 1.